The average Bonchev–Trinajstić information content (AvgIpc) is 3.13. The maximum Gasteiger partial charge on any atom is 0.244 e. The minimum absolute atomic E-state index is 0.149. The number of nitrogens with one attached hydrogen (secondary N) is 1. The molecule has 0 heterocycles. The Morgan fingerprint density at radius 1 is 1.47 bits per heavy atom. The van der Waals surface area contributed by atoms with Gasteiger partial charge in [0.05, 0.1) is 18.3 Å². The van der Waals surface area contributed by atoms with Gasteiger partial charge in [-0.05, 0) is 37.8 Å². The molecule has 0 saturated heterocycles. The van der Waals surface area contributed by atoms with Crippen LogP contribution in [0.15, 0.2) is 24.3 Å². The zero-order valence-electron chi connectivity index (χ0n) is 10.2. The molecule has 1 unspecified atom stereocenters. The molecule has 1 aliphatic rings. The van der Waals surface area contributed by atoms with Crippen LogP contribution in [-0.4, -0.2) is 18.6 Å². The van der Waals surface area contributed by atoms with Crippen molar-refractivity contribution in [3.8, 4) is 5.75 Å². The smallest absolute Gasteiger partial charge is 0.244 e. The van der Waals surface area contributed by atoms with Gasteiger partial charge in [0.15, 0.2) is 0 Å². The van der Waals surface area contributed by atoms with Crippen molar-refractivity contribution in [3.63, 3.8) is 0 Å². The van der Waals surface area contributed by atoms with Gasteiger partial charge in [0.2, 0.25) is 5.91 Å². The Morgan fingerprint density at radius 3 is 2.71 bits per heavy atom. The minimum Gasteiger partial charge on any atom is -0.495 e. The summed E-state index contributed by atoms with van der Waals surface area (Å²) in [5, 5.41) is 2.83. The number of amides is 1. The number of methoxy groups -OCH3 is 1. The first-order chi connectivity index (χ1) is 8.05. The second-order valence-electron chi connectivity index (χ2n) is 4.71. The summed E-state index contributed by atoms with van der Waals surface area (Å²) in [7, 11) is 1.58. The van der Waals surface area contributed by atoms with Gasteiger partial charge < -0.3 is 15.8 Å². The van der Waals surface area contributed by atoms with E-state index in [1.807, 2.05) is 12.1 Å². The zero-order chi connectivity index (χ0) is 12.5. The van der Waals surface area contributed by atoms with Crippen molar-refractivity contribution in [3.05, 3.63) is 24.3 Å². The summed E-state index contributed by atoms with van der Waals surface area (Å²) in [6, 6.07) is 7.32. The Labute approximate surface area is 101 Å². The van der Waals surface area contributed by atoms with Crippen molar-refractivity contribution < 1.29 is 9.53 Å². The van der Waals surface area contributed by atoms with Crippen LogP contribution in [0.1, 0.15) is 19.8 Å². The van der Waals surface area contributed by atoms with E-state index >= 15 is 0 Å². The van der Waals surface area contributed by atoms with E-state index in [1.165, 1.54) is 0 Å². The Balaban J connectivity index is 2.12. The van der Waals surface area contributed by atoms with E-state index in [2.05, 4.69) is 5.32 Å². The molecule has 1 saturated carbocycles. The normalized spacial score (nSPS) is 18.3. The van der Waals surface area contributed by atoms with Crippen LogP contribution in [-0.2, 0) is 4.79 Å². The maximum absolute atomic E-state index is 12.1. The summed E-state index contributed by atoms with van der Waals surface area (Å²) in [6.07, 6.45) is 2.07. The molecule has 0 radical (unpaired) electrons. The summed E-state index contributed by atoms with van der Waals surface area (Å²) < 4.78 is 5.18. The van der Waals surface area contributed by atoms with Gasteiger partial charge in [-0.3, -0.25) is 4.79 Å². The lowest BCUT2D eigenvalue weighted by Gasteiger charge is -2.23. The standard InChI is InChI=1S/C13H18N2O2/c1-13(14,9-7-8-9)12(16)15-10-5-3-4-6-11(10)17-2/h3-6,9H,7-8,14H2,1-2H3,(H,15,16). The van der Waals surface area contributed by atoms with E-state index < -0.39 is 5.54 Å². The van der Waals surface area contributed by atoms with Crippen LogP contribution in [0.5, 0.6) is 5.75 Å². The SMILES string of the molecule is COc1ccccc1NC(=O)C(C)(N)C1CC1. The highest BCUT2D eigenvalue weighted by molar-refractivity contribution is 5.99. The first kappa shape index (κ1) is 11.9. The monoisotopic (exact) mass is 234 g/mol. The van der Waals surface area contributed by atoms with Gasteiger partial charge in [-0.25, -0.2) is 0 Å². The highest BCUT2D eigenvalue weighted by atomic mass is 16.5. The number of hydrogen-bond donors (Lipinski definition) is 2. The van der Waals surface area contributed by atoms with Crippen molar-refractivity contribution in [2.45, 2.75) is 25.3 Å². The van der Waals surface area contributed by atoms with Crippen molar-refractivity contribution >= 4 is 11.6 Å². The highest BCUT2D eigenvalue weighted by Crippen LogP contribution is 2.39. The predicted octanol–water partition coefficient (Wildman–Crippen LogP) is 1.76. The summed E-state index contributed by atoms with van der Waals surface area (Å²) in [4.78, 5) is 12.1. The number of rotatable bonds is 4. The quantitative estimate of drug-likeness (QED) is 0.834. The molecule has 2 rings (SSSR count). The summed E-state index contributed by atoms with van der Waals surface area (Å²) in [6.45, 7) is 1.79. The van der Waals surface area contributed by atoms with Gasteiger partial charge >= 0.3 is 0 Å². The fraction of sp³-hybridized carbons (Fsp3) is 0.462. The number of ether oxygens (including phenoxy) is 1. The first-order valence-corrected chi connectivity index (χ1v) is 5.79. The second kappa shape index (κ2) is 4.37. The lowest BCUT2D eigenvalue weighted by atomic mass is 9.96. The lowest BCUT2D eigenvalue weighted by molar-refractivity contribution is -0.121. The van der Waals surface area contributed by atoms with Crippen LogP contribution >= 0.6 is 0 Å². The van der Waals surface area contributed by atoms with E-state index in [-0.39, 0.29) is 5.91 Å². The number of nitrogens with two attached hydrogens (primary N) is 1. The van der Waals surface area contributed by atoms with Gasteiger partial charge in [0, 0.05) is 0 Å². The lowest BCUT2D eigenvalue weighted by Crippen LogP contribution is -2.50. The molecule has 17 heavy (non-hydrogen) atoms. The number of carbonyl (C=O) groups excluding carboxylic acids is 1. The molecule has 92 valence electrons. The van der Waals surface area contributed by atoms with E-state index in [9.17, 15) is 4.79 Å². The molecule has 0 bridgehead atoms. The number of hydrogen-bond acceptors (Lipinski definition) is 3. The summed E-state index contributed by atoms with van der Waals surface area (Å²) in [5.41, 5.74) is 5.93. The van der Waals surface area contributed by atoms with Crippen molar-refractivity contribution in [2.75, 3.05) is 12.4 Å². The van der Waals surface area contributed by atoms with Crippen LogP contribution in [0.2, 0.25) is 0 Å². The number of benzene rings is 1. The molecule has 1 aromatic rings. The third-order valence-corrected chi connectivity index (χ3v) is 3.27. The second-order valence-corrected chi connectivity index (χ2v) is 4.71. The molecular weight excluding hydrogens is 216 g/mol. The molecule has 4 nitrogen and oxygen atoms in total. The summed E-state index contributed by atoms with van der Waals surface area (Å²) in [5.74, 6) is 0.800. The van der Waals surface area contributed by atoms with Crippen LogP contribution in [0.3, 0.4) is 0 Å². The largest absolute Gasteiger partial charge is 0.495 e. The molecule has 0 spiro atoms. The van der Waals surface area contributed by atoms with E-state index in [0.29, 0.717) is 17.4 Å². The zero-order valence-corrected chi connectivity index (χ0v) is 10.2. The topological polar surface area (TPSA) is 64.3 Å². The molecular formula is C13H18N2O2. The number of para-hydroxylation sites is 2. The fourth-order valence-electron chi connectivity index (χ4n) is 1.87. The molecule has 1 atom stereocenters. The van der Waals surface area contributed by atoms with Crippen LogP contribution in [0.4, 0.5) is 5.69 Å². The van der Waals surface area contributed by atoms with Crippen LogP contribution in [0.25, 0.3) is 0 Å². The molecule has 1 amide bonds. The third-order valence-electron chi connectivity index (χ3n) is 3.27. The highest BCUT2D eigenvalue weighted by Gasteiger charge is 2.44. The van der Waals surface area contributed by atoms with Crippen molar-refractivity contribution in [1.82, 2.24) is 0 Å². The van der Waals surface area contributed by atoms with E-state index in [0.717, 1.165) is 12.8 Å². The van der Waals surface area contributed by atoms with Crippen molar-refractivity contribution in [2.24, 2.45) is 11.7 Å². The number of anilines is 1. The Hall–Kier alpha value is -1.55. The van der Waals surface area contributed by atoms with E-state index in [4.69, 9.17) is 10.5 Å². The van der Waals surface area contributed by atoms with Crippen LogP contribution < -0.4 is 15.8 Å². The maximum atomic E-state index is 12.1. The van der Waals surface area contributed by atoms with E-state index in [1.54, 1.807) is 26.2 Å². The van der Waals surface area contributed by atoms with Gasteiger partial charge in [0.1, 0.15) is 5.75 Å². The molecule has 1 fully saturated rings. The van der Waals surface area contributed by atoms with Gasteiger partial charge in [-0.2, -0.15) is 0 Å². The Kier molecular flexibility index (Phi) is 3.07. The Morgan fingerprint density at radius 2 is 2.12 bits per heavy atom. The first-order valence-electron chi connectivity index (χ1n) is 5.79. The third kappa shape index (κ3) is 2.42. The predicted molar refractivity (Wildman–Crippen MR) is 66.9 cm³/mol. The molecule has 1 aromatic carbocycles. The molecule has 0 aliphatic heterocycles. The number of carbonyl (C=O) groups is 1. The van der Waals surface area contributed by atoms with Gasteiger partial charge in [-0.1, -0.05) is 12.1 Å². The molecule has 3 N–H and O–H groups in total. The van der Waals surface area contributed by atoms with Gasteiger partial charge in [0.25, 0.3) is 0 Å². The molecule has 0 aromatic heterocycles. The summed E-state index contributed by atoms with van der Waals surface area (Å²) >= 11 is 0. The Bertz CT molecular complexity index is 425. The van der Waals surface area contributed by atoms with Gasteiger partial charge in [-0.15, -0.1) is 0 Å². The molecule has 1 aliphatic carbocycles. The molecule has 4 heteroatoms. The van der Waals surface area contributed by atoms with Crippen LogP contribution in [0, 0.1) is 5.92 Å². The van der Waals surface area contributed by atoms with Crippen molar-refractivity contribution in [1.29, 1.82) is 0 Å². The fourth-order valence-corrected chi connectivity index (χ4v) is 1.87. The minimum atomic E-state index is -0.791. The average molecular weight is 234 g/mol.